The number of nitrogens with one attached hydrogen (secondary N) is 2. The van der Waals surface area contributed by atoms with E-state index in [1.165, 1.54) is 30.6 Å². The number of non-ortho nitro benzene ring substituents is 1. The first-order chi connectivity index (χ1) is 13.4. The number of aromatic nitrogens is 2. The van der Waals surface area contributed by atoms with E-state index in [1.54, 1.807) is 0 Å². The lowest BCUT2D eigenvalue weighted by Crippen LogP contribution is -2.12. The maximum Gasteiger partial charge on any atom is 0.345 e. The van der Waals surface area contributed by atoms with Crippen LogP contribution in [0.4, 0.5) is 22.9 Å². The lowest BCUT2D eigenvalue weighted by Gasteiger charge is -2.10. The van der Waals surface area contributed by atoms with Crippen molar-refractivity contribution < 1.29 is 9.85 Å². The Morgan fingerprint density at radius 3 is 2.18 bits per heavy atom. The Morgan fingerprint density at radius 2 is 1.57 bits per heavy atom. The molecular weight excluding hydrogens is 384 g/mol. The van der Waals surface area contributed by atoms with Crippen molar-refractivity contribution in [3.8, 4) is 0 Å². The minimum atomic E-state index is -0.559. The molecule has 0 bridgehead atoms. The van der Waals surface area contributed by atoms with Gasteiger partial charge in [0.2, 0.25) is 5.82 Å². The van der Waals surface area contributed by atoms with E-state index in [2.05, 4.69) is 20.8 Å². The van der Waals surface area contributed by atoms with Crippen molar-refractivity contribution in [1.29, 1.82) is 0 Å². The van der Waals surface area contributed by atoms with E-state index in [1.807, 2.05) is 31.2 Å². The van der Waals surface area contributed by atoms with Gasteiger partial charge in [0.15, 0.2) is 5.03 Å². The molecule has 142 valence electrons. The van der Waals surface area contributed by atoms with Crippen LogP contribution in [0.1, 0.15) is 5.56 Å². The first-order valence-corrected chi connectivity index (χ1v) is 8.76. The second-order valence-electron chi connectivity index (χ2n) is 5.60. The highest BCUT2D eigenvalue weighted by Gasteiger charge is 2.23. The summed E-state index contributed by atoms with van der Waals surface area (Å²) in [6.07, 6.45) is 1.23. The molecule has 3 aromatic rings. The Bertz CT molecular complexity index is 1010. The molecule has 0 aliphatic carbocycles. The minimum Gasteiger partial charge on any atom is -0.299 e. The van der Waals surface area contributed by atoms with Gasteiger partial charge < -0.3 is 0 Å². The molecule has 0 saturated carbocycles. The molecule has 0 amide bonds. The average molecular weight is 398 g/mol. The van der Waals surface area contributed by atoms with Gasteiger partial charge in [-0.15, -0.1) is 0 Å². The molecule has 0 fully saturated rings. The van der Waals surface area contributed by atoms with Gasteiger partial charge in [-0.1, -0.05) is 29.5 Å². The van der Waals surface area contributed by atoms with Crippen LogP contribution in [0.3, 0.4) is 0 Å². The number of anilines is 2. The summed E-state index contributed by atoms with van der Waals surface area (Å²) in [5, 5.41) is 22.5. The van der Waals surface area contributed by atoms with Crippen LogP contribution in [0.15, 0.2) is 64.8 Å². The molecule has 1 heterocycles. The van der Waals surface area contributed by atoms with E-state index in [-0.39, 0.29) is 22.2 Å². The van der Waals surface area contributed by atoms with E-state index in [0.717, 1.165) is 22.2 Å². The van der Waals surface area contributed by atoms with Crippen molar-refractivity contribution in [3.05, 3.63) is 80.7 Å². The minimum absolute atomic E-state index is 0.0204. The summed E-state index contributed by atoms with van der Waals surface area (Å²) in [5.41, 5.74) is 6.64. The zero-order chi connectivity index (χ0) is 20.1. The topological polar surface area (TPSA) is 136 Å². The molecule has 10 nitrogen and oxygen atoms in total. The van der Waals surface area contributed by atoms with Crippen molar-refractivity contribution >= 4 is 34.6 Å². The summed E-state index contributed by atoms with van der Waals surface area (Å²) in [5.74, 6) is -0.0204. The average Bonchev–Trinajstić information content (AvgIpc) is 2.68. The number of nitro benzene ring substituents is 1. The fourth-order valence-electron chi connectivity index (χ4n) is 2.21. The predicted octanol–water partition coefficient (Wildman–Crippen LogP) is 4.19. The van der Waals surface area contributed by atoms with Gasteiger partial charge in [-0.05, 0) is 31.2 Å². The van der Waals surface area contributed by atoms with Crippen molar-refractivity contribution in [2.24, 2.45) is 0 Å². The van der Waals surface area contributed by atoms with E-state index in [0.29, 0.717) is 5.69 Å². The fraction of sp³-hybridized carbons (Fsp3) is 0.0588. The van der Waals surface area contributed by atoms with Crippen LogP contribution in [0.2, 0.25) is 0 Å². The van der Waals surface area contributed by atoms with Gasteiger partial charge in [0.1, 0.15) is 6.33 Å². The normalized spacial score (nSPS) is 10.3. The molecular formula is C17H14N6O4S. The van der Waals surface area contributed by atoms with Crippen LogP contribution in [0, 0.1) is 27.2 Å². The Hall–Kier alpha value is -3.73. The van der Waals surface area contributed by atoms with Crippen LogP contribution in [-0.4, -0.2) is 19.8 Å². The molecule has 0 radical (unpaired) electrons. The van der Waals surface area contributed by atoms with Crippen molar-refractivity contribution in [3.63, 3.8) is 0 Å². The van der Waals surface area contributed by atoms with E-state index < -0.39 is 9.85 Å². The second-order valence-corrected chi connectivity index (χ2v) is 6.66. The van der Waals surface area contributed by atoms with Crippen molar-refractivity contribution in [2.75, 3.05) is 10.9 Å². The smallest absolute Gasteiger partial charge is 0.299 e. The number of hydrogen-bond acceptors (Lipinski definition) is 9. The zero-order valence-corrected chi connectivity index (χ0v) is 15.3. The summed E-state index contributed by atoms with van der Waals surface area (Å²) in [4.78, 5) is 30.0. The van der Waals surface area contributed by atoms with E-state index in [4.69, 9.17) is 0 Å². The van der Waals surface area contributed by atoms with Crippen LogP contribution in [0.25, 0.3) is 0 Å². The van der Waals surface area contributed by atoms with Gasteiger partial charge in [-0.2, -0.15) is 0 Å². The summed E-state index contributed by atoms with van der Waals surface area (Å²) in [6.45, 7) is 1.95. The molecule has 0 unspecified atom stereocenters. The number of nitro groups is 2. The molecule has 0 spiro atoms. The number of rotatable bonds is 7. The Labute approximate surface area is 163 Å². The van der Waals surface area contributed by atoms with Crippen LogP contribution in [0.5, 0.6) is 0 Å². The second kappa shape index (κ2) is 8.31. The molecule has 3 rings (SSSR count). The Balaban J connectivity index is 1.81. The SMILES string of the molecule is Cc1ccc(Sc2ncnc(NNc3ccc([N+](=O)[O-])cc3)c2[N+](=O)[O-])cc1. The van der Waals surface area contributed by atoms with Crippen molar-refractivity contribution in [2.45, 2.75) is 16.8 Å². The third-order valence-electron chi connectivity index (χ3n) is 3.61. The summed E-state index contributed by atoms with van der Waals surface area (Å²) < 4.78 is 0. The highest BCUT2D eigenvalue weighted by molar-refractivity contribution is 7.99. The molecule has 0 saturated heterocycles. The van der Waals surface area contributed by atoms with Gasteiger partial charge >= 0.3 is 5.69 Å². The molecule has 1 aromatic heterocycles. The van der Waals surface area contributed by atoms with E-state index >= 15 is 0 Å². The number of aryl methyl sites for hydroxylation is 1. The van der Waals surface area contributed by atoms with E-state index in [9.17, 15) is 20.2 Å². The summed E-state index contributed by atoms with van der Waals surface area (Å²) in [6, 6.07) is 13.1. The number of hydrogen-bond donors (Lipinski definition) is 2. The first-order valence-electron chi connectivity index (χ1n) is 7.94. The third-order valence-corrected chi connectivity index (χ3v) is 4.61. The van der Waals surface area contributed by atoms with Gasteiger partial charge in [0.05, 0.1) is 15.5 Å². The molecule has 0 aliphatic rings. The number of benzene rings is 2. The largest absolute Gasteiger partial charge is 0.345 e. The summed E-state index contributed by atoms with van der Waals surface area (Å²) in [7, 11) is 0. The van der Waals surface area contributed by atoms with Crippen LogP contribution in [-0.2, 0) is 0 Å². The summed E-state index contributed by atoms with van der Waals surface area (Å²) >= 11 is 1.16. The molecule has 28 heavy (non-hydrogen) atoms. The molecule has 2 N–H and O–H groups in total. The number of hydrazine groups is 1. The quantitative estimate of drug-likeness (QED) is 0.341. The van der Waals surface area contributed by atoms with Gasteiger partial charge in [-0.25, -0.2) is 9.97 Å². The van der Waals surface area contributed by atoms with Crippen LogP contribution >= 0.6 is 11.8 Å². The van der Waals surface area contributed by atoms with Gasteiger partial charge in [0.25, 0.3) is 5.69 Å². The lowest BCUT2D eigenvalue weighted by molar-refractivity contribution is -0.387. The van der Waals surface area contributed by atoms with Crippen molar-refractivity contribution in [1.82, 2.24) is 9.97 Å². The first kappa shape index (κ1) is 19.0. The maximum absolute atomic E-state index is 11.6. The molecule has 2 aromatic carbocycles. The predicted molar refractivity (Wildman–Crippen MR) is 104 cm³/mol. The zero-order valence-electron chi connectivity index (χ0n) is 14.5. The third kappa shape index (κ3) is 4.51. The highest BCUT2D eigenvalue weighted by Crippen LogP contribution is 2.36. The lowest BCUT2D eigenvalue weighted by atomic mass is 10.2. The number of nitrogens with zero attached hydrogens (tertiary/aromatic N) is 4. The Morgan fingerprint density at radius 1 is 0.893 bits per heavy atom. The van der Waals surface area contributed by atoms with Crippen LogP contribution < -0.4 is 10.9 Å². The molecule has 0 atom stereocenters. The highest BCUT2D eigenvalue weighted by atomic mass is 32.2. The fourth-order valence-corrected chi connectivity index (χ4v) is 3.07. The molecule has 11 heteroatoms. The standard InChI is InChI=1S/C17H14N6O4S/c1-11-2-8-14(9-3-11)28-17-15(23(26)27)16(18-10-19-17)21-20-12-4-6-13(7-5-12)22(24)25/h2-10,20H,1H3,(H,18,19,21). The monoisotopic (exact) mass is 398 g/mol. The maximum atomic E-state index is 11.6. The Kier molecular flexibility index (Phi) is 5.65. The van der Waals surface area contributed by atoms with Gasteiger partial charge in [-0.3, -0.25) is 31.1 Å². The molecule has 0 aliphatic heterocycles. The van der Waals surface area contributed by atoms with Gasteiger partial charge in [0, 0.05) is 17.0 Å².